The SMILES string of the molecule is CC(C)(C)OC(=O)Nc1nc2cncc(Br)c2s1. The summed E-state index contributed by atoms with van der Waals surface area (Å²) in [5.74, 6) is 0. The maximum atomic E-state index is 11.6. The van der Waals surface area contributed by atoms with Crippen molar-refractivity contribution in [1.82, 2.24) is 9.97 Å². The Morgan fingerprint density at radius 1 is 1.44 bits per heavy atom. The van der Waals surface area contributed by atoms with Crippen molar-refractivity contribution in [2.75, 3.05) is 5.32 Å². The number of nitrogens with one attached hydrogen (secondary N) is 1. The highest BCUT2D eigenvalue weighted by molar-refractivity contribution is 9.10. The number of anilines is 1. The number of halogens is 1. The monoisotopic (exact) mass is 329 g/mol. The van der Waals surface area contributed by atoms with E-state index in [1.54, 1.807) is 12.4 Å². The largest absolute Gasteiger partial charge is 0.444 e. The Morgan fingerprint density at radius 3 is 2.78 bits per heavy atom. The quantitative estimate of drug-likeness (QED) is 0.864. The van der Waals surface area contributed by atoms with Crippen molar-refractivity contribution in [3.05, 3.63) is 16.9 Å². The molecule has 0 spiro atoms. The number of nitrogens with zero attached hydrogens (tertiary/aromatic N) is 2. The van der Waals surface area contributed by atoms with Crippen LogP contribution in [0.2, 0.25) is 0 Å². The Morgan fingerprint density at radius 2 is 2.17 bits per heavy atom. The van der Waals surface area contributed by atoms with E-state index in [1.807, 2.05) is 20.8 Å². The summed E-state index contributed by atoms with van der Waals surface area (Å²) < 4.78 is 6.95. The van der Waals surface area contributed by atoms with Gasteiger partial charge in [0, 0.05) is 6.20 Å². The van der Waals surface area contributed by atoms with Crippen LogP contribution in [0.3, 0.4) is 0 Å². The average Bonchev–Trinajstić information content (AvgIpc) is 2.58. The van der Waals surface area contributed by atoms with Crippen LogP contribution >= 0.6 is 27.3 Å². The zero-order valence-electron chi connectivity index (χ0n) is 10.2. The van der Waals surface area contributed by atoms with Crippen LogP contribution in [-0.2, 0) is 4.74 Å². The van der Waals surface area contributed by atoms with E-state index in [1.165, 1.54) is 11.3 Å². The number of amides is 1. The van der Waals surface area contributed by atoms with Crippen LogP contribution in [0.5, 0.6) is 0 Å². The number of carbonyl (C=O) groups excluding carboxylic acids is 1. The van der Waals surface area contributed by atoms with Gasteiger partial charge < -0.3 is 4.74 Å². The van der Waals surface area contributed by atoms with Gasteiger partial charge >= 0.3 is 6.09 Å². The topological polar surface area (TPSA) is 64.1 Å². The molecule has 2 rings (SSSR count). The Balaban J connectivity index is 2.18. The van der Waals surface area contributed by atoms with Crippen LogP contribution in [0.15, 0.2) is 16.9 Å². The standard InChI is InChI=1S/C11H12BrN3O2S/c1-11(2,3)17-10(16)15-9-14-7-5-13-4-6(12)8(7)18-9/h4-5H,1-3H3,(H,14,15,16). The number of ether oxygens (including phenoxy) is 1. The van der Waals surface area contributed by atoms with E-state index in [4.69, 9.17) is 4.74 Å². The Labute approximate surface area is 117 Å². The molecule has 0 saturated carbocycles. The first-order valence-electron chi connectivity index (χ1n) is 5.25. The number of fused-ring (bicyclic) bond motifs is 1. The van der Waals surface area contributed by atoms with Gasteiger partial charge in [-0.25, -0.2) is 9.78 Å². The van der Waals surface area contributed by atoms with Crippen LogP contribution < -0.4 is 5.32 Å². The number of rotatable bonds is 1. The lowest BCUT2D eigenvalue weighted by molar-refractivity contribution is 0.0636. The average molecular weight is 330 g/mol. The third-order valence-electron chi connectivity index (χ3n) is 1.86. The molecule has 0 radical (unpaired) electrons. The fourth-order valence-corrected chi connectivity index (χ4v) is 2.66. The third-order valence-corrected chi connectivity index (χ3v) is 3.75. The molecule has 18 heavy (non-hydrogen) atoms. The molecule has 1 amide bonds. The minimum Gasteiger partial charge on any atom is -0.444 e. The molecule has 0 bridgehead atoms. The van der Waals surface area contributed by atoms with Crippen molar-refractivity contribution < 1.29 is 9.53 Å². The van der Waals surface area contributed by atoms with Crippen LogP contribution in [0, 0.1) is 0 Å². The fourth-order valence-electron chi connectivity index (χ4n) is 1.27. The summed E-state index contributed by atoms with van der Waals surface area (Å²) in [5.41, 5.74) is 0.212. The molecule has 1 N–H and O–H groups in total. The number of hydrogen-bond acceptors (Lipinski definition) is 5. The summed E-state index contributed by atoms with van der Waals surface area (Å²) in [6.07, 6.45) is 2.83. The lowest BCUT2D eigenvalue weighted by atomic mass is 10.2. The van der Waals surface area contributed by atoms with E-state index in [0.717, 1.165) is 14.7 Å². The zero-order valence-corrected chi connectivity index (χ0v) is 12.6. The van der Waals surface area contributed by atoms with Crippen molar-refractivity contribution in [1.29, 1.82) is 0 Å². The van der Waals surface area contributed by atoms with Crippen molar-refractivity contribution in [2.45, 2.75) is 26.4 Å². The van der Waals surface area contributed by atoms with Gasteiger partial charge in [0.1, 0.15) is 11.1 Å². The van der Waals surface area contributed by atoms with Gasteiger partial charge in [0.25, 0.3) is 0 Å². The van der Waals surface area contributed by atoms with Crippen molar-refractivity contribution in [2.24, 2.45) is 0 Å². The highest BCUT2D eigenvalue weighted by Crippen LogP contribution is 2.31. The smallest absolute Gasteiger partial charge is 0.413 e. The summed E-state index contributed by atoms with van der Waals surface area (Å²) in [6.45, 7) is 5.43. The normalized spacial score (nSPS) is 11.6. The number of hydrogen-bond donors (Lipinski definition) is 1. The molecule has 0 fully saturated rings. The third kappa shape index (κ3) is 3.17. The van der Waals surface area contributed by atoms with Crippen molar-refractivity contribution >= 4 is 48.7 Å². The Kier molecular flexibility index (Phi) is 3.54. The minimum atomic E-state index is -0.525. The summed E-state index contributed by atoms with van der Waals surface area (Å²) in [6, 6.07) is 0. The summed E-state index contributed by atoms with van der Waals surface area (Å²) in [7, 11) is 0. The van der Waals surface area contributed by atoms with Gasteiger partial charge in [-0.15, -0.1) is 0 Å². The van der Waals surface area contributed by atoms with E-state index in [2.05, 4.69) is 31.2 Å². The van der Waals surface area contributed by atoms with Crippen LogP contribution in [0.4, 0.5) is 9.93 Å². The number of aromatic nitrogens is 2. The fraction of sp³-hybridized carbons (Fsp3) is 0.364. The van der Waals surface area contributed by atoms with Gasteiger partial charge in [-0.3, -0.25) is 10.3 Å². The summed E-state index contributed by atoms with van der Waals surface area (Å²) in [5, 5.41) is 3.11. The number of carbonyl (C=O) groups is 1. The van der Waals surface area contributed by atoms with Crippen LogP contribution in [0.1, 0.15) is 20.8 Å². The van der Waals surface area contributed by atoms with Crippen LogP contribution in [-0.4, -0.2) is 21.7 Å². The van der Waals surface area contributed by atoms with E-state index >= 15 is 0 Å². The molecule has 2 heterocycles. The predicted octanol–water partition coefficient (Wildman–Crippen LogP) is 3.80. The summed E-state index contributed by atoms with van der Waals surface area (Å²) in [4.78, 5) is 19.9. The van der Waals surface area contributed by atoms with Crippen molar-refractivity contribution in [3.8, 4) is 0 Å². The van der Waals surface area contributed by atoms with Gasteiger partial charge in [-0.2, -0.15) is 0 Å². The second-order valence-electron chi connectivity index (χ2n) is 4.62. The molecule has 0 unspecified atom stereocenters. The molecule has 0 aliphatic carbocycles. The zero-order chi connectivity index (χ0) is 13.3. The van der Waals surface area contributed by atoms with Gasteiger partial charge in [0.2, 0.25) is 0 Å². The molecule has 0 aliphatic heterocycles. The highest BCUT2D eigenvalue weighted by atomic mass is 79.9. The molecule has 2 aromatic rings. The molecule has 0 saturated heterocycles. The number of thiazole rings is 1. The van der Waals surface area contributed by atoms with E-state index < -0.39 is 11.7 Å². The summed E-state index contributed by atoms with van der Waals surface area (Å²) >= 11 is 4.76. The molecule has 0 atom stereocenters. The maximum absolute atomic E-state index is 11.6. The van der Waals surface area contributed by atoms with E-state index in [9.17, 15) is 4.79 Å². The Hall–Kier alpha value is -1.21. The molecule has 2 aromatic heterocycles. The van der Waals surface area contributed by atoms with E-state index in [0.29, 0.717) is 5.13 Å². The lowest BCUT2D eigenvalue weighted by Gasteiger charge is -2.18. The van der Waals surface area contributed by atoms with Gasteiger partial charge in [-0.1, -0.05) is 11.3 Å². The maximum Gasteiger partial charge on any atom is 0.413 e. The molecular formula is C11H12BrN3O2S. The first-order chi connectivity index (χ1) is 8.35. The van der Waals surface area contributed by atoms with Gasteiger partial charge in [0.15, 0.2) is 5.13 Å². The van der Waals surface area contributed by atoms with Gasteiger partial charge in [-0.05, 0) is 36.7 Å². The molecule has 96 valence electrons. The minimum absolute atomic E-state index is 0.493. The molecule has 0 aliphatic rings. The molecule has 0 aromatic carbocycles. The molecule has 5 nitrogen and oxygen atoms in total. The second-order valence-corrected chi connectivity index (χ2v) is 6.47. The van der Waals surface area contributed by atoms with Gasteiger partial charge in [0.05, 0.1) is 15.4 Å². The first kappa shape index (κ1) is 13.2. The number of pyridine rings is 1. The van der Waals surface area contributed by atoms with Crippen LogP contribution in [0.25, 0.3) is 10.2 Å². The predicted molar refractivity (Wildman–Crippen MR) is 75.0 cm³/mol. The van der Waals surface area contributed by atoms with Crippen molar-refractivity contribution in [3.63, 3.8) is 0 Å². The second kappa shape index (κ2) is 4.81. The molecule has 7 heteroatoms. The lowest BCUT2D eigenvalue weighted by Crippen LogP contribution is -2.27. The highest BCUT2D eigenvalue weighted by Gasteiger charge is 2.17. The van der Waals surface area contributed by atoms with E-state index in [-0.39, 0.29) is 0 Å². The Bertz CT molecular complexity index is 591. The first-order valence-corrected chi connectivity index (χ1v) is 6.86. The molecular weight excluding hydrogens is 318 g/mol.